The lowest BCUT2D eigenvalue weighted by atomic mass is 9.85. The number of anilines is 1. The molecule has 0 saturated carbocycles. The van der Waals surface area contributed by atoms with Crippen molar-refractivity contribution in [3.05, 3.63) is 127 Å². The third-order valence-corrected chi connectivity index (χ3v) is 8.72. The van der Waals surface area contributed by atoms with E-state index in [0.29, 0.717) is 12.1 Å². The Kier molecular flexibility index (Phi) is 5.34. The first-order valence-corrected chi connectivity index (χ1v) is 14.4. The first-order valence-electron chi connectivity index (χ1n) is 14.4. The Morgan fingerprint density at radius 2 is 1.23 bits per heavy atom. The Hall–Kier alpha value is -4.69. The lowest BCUT2D eigenvalue weighted by molar-refractivity contribution is 0.680. The van der Waals surface area contributed by atoms with Crippen molar-refractivity contribution >= 4 is 43.8 Å². The van der Waals surface area contributed by atoms with Gasteiger partial charge in [0.05, 0.1) is 12.1 Å². The molecule has 192 valence electrons. The molecule has 2 nitrogen and oxygen atoms in total. The molecule has 6 aromatic carbocycles. The second-order valence-corrected chi connectivity index (χ2v) is 10.9. The first kappa shape index (κ1) is 23.2. The number of hydrogen-bond acceptors (Lipinski definition) is 2. The second kappa shape index (κ2) is 9.20. The molecule has 2 aliphatic rings. The molecule has 0 fully saturated rings. The van der Waals surface area contributed by atoms with Gasteiger partial charge >= 0.3 is 0 Å². The third kappa shape index (κ3) is 3.53. The lowest BCUT2D eigenvalue weighted by Gasteiger charge is -2.26. The molecule has 2 atom stereocenters. The monoisotopic (exact) mass is 514 g/mol. The van der Waals surface area contributed by atoms with Gasteiger partial charge in [-0.1, -0.05) is 116 Å². The molecular formula is C38H30N2. The van der Waals surface area contributed by atoms with Crippen LogP contribution >= 0.6 is 0 Å². The molecule has 0 spiro atoms. The van der Waals surface area contributed by atoms with Crippen molar-refractivity contribution in [1.29, 1.82) is 0 Å². The molecule has 0 radical (unpaired) electrons. The van der Waals surface area contributed by atoms with Gasteiger partial charge in [-0.2, -0.15) is 0 Å². The molecule has 1 aliphatic heterocycles. The highest BCUT2D eigenvalue weighted by Gasteiger charge is 2.36. The van der Waals surface area contributed by atoms with E-state index >= 15 is 0 Å². The summed E-state index contributed by atoms with van der Waals surface area (Å²) in [6.45, 7) is 2.21. The molecule has 1 heterocycles. The van der Waals surface area contributed by atoms with Crippen molar-refractivity contribution in [2.45, 2.75) is 31.8 Å². The second-order valence-electron chi connectivity index (χ2n) is 10.9. The Morgan fingerprint density at radius 1 is 0.650 bits per heavy atom. The minimum absolute atomic E-state index is 0.351. The van der Waals surface area contributed by atoms with Gasteiger partial charge in [0, 0.05) is 12.1 Å². The number of amidine groups is 1. The zero-order valence-electron chi connectivity index (χ0n) is 22.6. The maximum Gasteiger partial charge on any atom is 0.104 e. The van der Waals surface area contributed by atoms with E-state index in [1.54, 1.807) is 0 Å². The number of rotatable bonds is 4. The molecule has 0 amide bonds. The van der Waals surface area contributed by atoms with E-state index in [1.165, 1.54) is 66.1 Å². The van der Waals surface area contributed by atoms with Crippen LogP contribution in [0.4, 0.5) is 5.69 Å². The molecule has 0 N–H and O–H groups in total. The van der Waals surface area contributed by atoms with Crippen molar-refractivity contribution < 1.29 is 0 Å². The van der Waals surface area contributed by atoms with Crippen LogP contribution in [0.1, 0.15) is 19.8 Å². The lowest BCUT2D eigenvalue weighted by Crippen LogP contribution is -2.36. The minimum Gasteiger partial charge on any atom is -0.321 e. The normalized spacial score (nSPS) is 18.1. The summed E-state index contributed by atoms with van der Waals surface area (Å²) in [5.41, 5.74) is 6.33. The summed E-state index contributed by atoms with van der Waals surface area (Å²) in [5.74, 6) is 1.20. The van der Waals surface area contributed by atoms with Gasteiger partial charge in [-0.3, -0.25) is 4.99 Å². The largest absolute Gasteiger partial charge is 0.321 e. The highest BCUT2D eigenvalue weighted by Crippen LogP contribution is 2.44. The third-order valence-electron chi connectivity index (χ3n) is 8.72. The molecule has 1 aliphatic carbocycles. The van der Waals surface area contributed by atoms with Crippen LogP contribution in [0.3, 0.4) is 0 Å². The SMILES string of the molecule is CCC1=NC2CC=CC2N1c1ccc(-c2c3ccccc3c(-c3ccc4ccccc4c3)c3ccccc23)cc1. The molecule has 0 aromatic heterocycles. The predicted octanol–water partition coefficient (Wildman–Crippen LogP) is 9.81. The van der Waals surface area contributed by atoms with E-state index in [9.17, 15) is 0 Å². The highest BCUT2D eigenvalue weighted by molar-refractivity contribution is 6.21. The first-order chi connectivity index (χ1) is 19.8. The summed E-state index contributed by atoms with van der Waals surface area (Å²) in [5, 5.41) is 7.68. The number of benzene rings is 6. The number of hydrogen-bond donors (Lipinski definition) is 0. The average molecular weight is 515 g/mol. The minimum atomic E-state index is 0.351. The van der Waals surface area contributed by atoms with E-state index in [2.05, 4.69) is 139 Å². The van der Waals surface area contributed by atoms with Crippen molar-refractivity contribution in [3.8, 4) is 22.3 Å². The summed E-state index contributed by atoms with van der Waals surface area (Å²) in [6.07, 6.45) is 6.61. The number of fused-ring (bicyclic) bond motifs is 4. The smallest absolute Gasteiger partial charge is 0.104 e. The summed E-state index contributed by atoms with van der Waals surface area (Å²) in [7, 11) is 0. The van der Waals surface area contributed by atoms with Crippen molar-refractivity contribution in [2.75, 3.05) is 4.90 Å². The molecule has 0 saturated heterocycles. The van der Waals surface area contributed by atoms with Crippen LogP contribution in [0.2, 0.25) is 0 Å². The number of aliphatic imine (C=N–C) groups is 1. The van der Waals surface area contributed by atoms with Gasteiger partial charge in [-0.25, -0.2) is 0 Å². The van der Waals surface area contributed by atoms with E-state index in [0.717, 1.165) is 12.8 Å². The van der Waals surface area contributed by atoms with Crippen molar-refractivity contribution in [2.24, 2.45) is 4.99 Å². The van der Waals surface area contributed by atoms with Gasteiger partial charge < -0.3 is 4.90 Å². The Bertz CT molecular complexity index is 1920. The maximum atomic E-state index is 5.03. The summed E-state index contributed by atoms with van der Waals surface area (Å²) in [6, 6.07) is 43.2. The van der Waals surface area contributed by atoms with Crippen LogP contribution in [0.15, 0.2) is 132 Å². The fraction of sp³-hybridized carbons (Fsp3) is 0.132. The van der Waals surface area contributed by atoms with Gasteiger partial charge in [-0.15, -0.1) is 0 Å². The molecule has 8 rings (SSSR count). The topological polar surface area (TPSA) is 15.6 Å². The molecule has 40 heavy (non-hydrogen) atoms. The van der Waals surface area contributed by atoms with Gasteiger partial charge in [0.2, 0.25) is 0 Å². The van der Waals surface area contributed by atoms with E-state index in [4.69, 9.17) is 4.99 Å². The fourth-order valence-corrected chi connectivity index (χ4v) is 6.90. The molecule has 0 bridgehead atoms. The molecule has 2 unspecified atom stereocenters. The zero-order chi connectivity index (χ0) is 26.6. The number of nitrogens with zero attached hydrogens (tertiary/aromatic N) is 2. The Morgan fingerprint density at radius 3 is 1.88 bits per heavy atom. The van der Waals surface area contributed by atoms with Crippen LogP contribution in [-0.2, 0) is 0 Å². The highest BCUT2D eigenvalue weighted by atomic mass is 15.3. The molecule has 2 heteroatoms. The molecular weight excluding hydrogens is 484 g/mol. The van der Waals surface area contributed by atoms with Crippen LogP contribution in [0, 0.1) is 0 Å². The van der Waals surface area contributed by atoms with Crippen molar-refractivity contribution in [1.82, 2.24) is 0 Å². The van der Waals surface area contributed by atoms with Gasteiger partial charge in [0.1, 0.15) is 5.84 Å². The average Bonchev–Trinajstić information content (AvgIpc) is 3.61. The van der Waals surface area contributed by atoms with Crippen molar-refractivity contribution in [3.63, 3.8) is 0 Å². The van der Waals surface area contributed by atoms with Crippen LogP contribution in [0.25, 0.3) is 54.6 Å². The summed E-state index contributed by atoms with van der Waals surface area (Å²) < 4.78 is 0. The molecule has 6 aromatic rings. The van der Waals surface area contributed by atoms with E-state index in [1.807, 2.05) is 0 Å². The van der Waals surface area contributed by atoms with E-state index in [-0.39, 0.29) is 0 Å². The predicted molar refractivity (Wildman–Crippen MR) is 171 cm³/mol. The van der Waals surface area contributed by atoms with Gasteiger partial charge in [0.25, 0.3) is 0 Å². The van der Waals surface area contributed by atoms with Gasteiger partial charge in [-0.05, 0) is 79.2 Å². The fourth-order valence-electron chi connectivity index (χ4n) is 6.90. The summed E-state index contributed by atoms with van der Waals surface area (Å²) >= 11 is 0. The van der Waals surface area contributed by atoms with Crippen LogP contribution < -0.4 is 4.90 Å². The Balaban J connectivity index is 1.32. The van der Waals surface area contributed by atoms with Crippen LogP contribution in [0.5, 0.6) is 0 Å². The summed E-state index contributed by atoms with van der Waals surface area (Å²) in [4.78, 5) is 7.47. The quantitative estimate of drug-likeness (QED) is 0.169. The maximum absolute atomic E-state index is 5.03. The van der Waals surface area contributed by atoms with Crippen LogP contribution in [-0.4, -0.2) is 17.9 Å². The zero-order valence-corrected chi connectivity index (χ0v) is 22.6. The van der Waals surface area contributed by atoms with Gasteiger partial charge in [0.15, 0.2) is 0 Å². The Labute approximate surface area is 234 Å². The van der Waals surface area contributed by atoms with E-state index < -0.39 is 0 Å². The standard InChI is InChI=1S/C38H30N2/c1-2-36-39-34-16-9-17-35(34)40(36)29-22-20-26(21-23-29)37-30-12-5-7-14-32(30)38(33-15-8-6-13-31(33)37)28-19-18-25-10-3-4-11-27(25)24-28/h3-15,17-24,34-35H,2,16H2,1H3.